The van der Waals surface area contributed by atoms with Gasteiger partial charge in [-0.05, 0) is 36.6 Å². The second-order valence-electron chi connectivity index (χ2n) is 7.79. The number of nitrogens with zero attached hydrogens (tertiary/aromatic N) is 2. The zero-order valence-corrected chi connectivity index (χ0v) is 17.4. The molecule has 32 heavy (non-hydrogen) atoms. The van der Waals surface area contributed by atoms with Crippen molar-refractivity contribution >= 4 is 28.9 Å². The second kappa shape index (κ2) is 8.58. The molecule has 2 aromatic heterocycles. The Morgan fingerprint density at radius 1 is 1.12 bits per heavy atom. The Hall–Kier alpha value is -4.07. The summed E-state index contributed by atoms with van der Waals surface area (Å²) in [6.45, 7) is 0.670. The molecule has 162 valence electrons. The standard InChI is InChI=1S/C24H23N5O3/c30-22(21-7-4-12-29(21)24(31)32-15-16-5-2-1-3-6-16)28-23-26-14-20(27-23)17-8-9-19-18(13-17)10-11-25-19/h1-3,5-6,8-11,13-14,21,25H,4,7,12,15H2,(H2,26,27,28,30)/t21-/m0/s1. The number of benzene rings is 2. The molecule has 0 bridgehead atoms. The maximum absolute atomic E-state index is 12.9. The number of imidazole rings is 1. The summed E-state index contributed by atoms with van der Waals surface area (Å²) in [5.74, 6) is 0.0739. The summed E-state index contributed by atoms with van der Waals surface area (Å²) < 4.78 is 5.41. The highest BCUT2D eigenvalue weighted by atomic mass is 16.6. The normalized spacial score (nSPS) is 15.8. The summed E-state index contributed by atoms with van der Waals surface area (Å²) in [4.78, 5) is 37.6. The molecular formula is C24H23N5O3. The van der Waals surface area contributed by atoms with E-state index in [-0.39, 0.29) is 12.5 Å². The Morgan fingerprint density at radius 3 is 2.88 bits per heavy atom. The monoisotopic (exact) mass is 429 g/mol. The highest BCUT2D eigenvalue weighted by Gasteiger charge is 2.35. The van der Waals surface area contributed by atoms with Crippen molar-refractivity contribution in [2.75, 3.05) is 11.9 Å². The van der Waals surface area contributed by atoms with Gasteiger partial charge in [-0.15, -0.1) is 0 Å². The van der Waals surface area contributed by atoms with Gasteiger partial charge in [0.05, 0.1) is 5.69 Å². The van der Waals surface area contributed by atoms with Crippen LogP contribution in [0.3, 0.4) is 0 Å². The first kappa shape index (κ1) is 19.9. The van der Waals surface area contributed by atoms with Crippen molar-refractivity contribution in [2.24, 2.45) is 0 Å². The summed E-state index contributed by atoms with van der Waals surface area (Å²) in [5, 5.41) is 3.89. The highest BCUT2D eigenvalue weighted by molar-refractivity contribution is 5.96. The summed E-state index contributed by atoms with van der Waals surface area (Å²) >= 11 is 0. The van der Waals surface area contributed by atoms with Crippen LogP contribution in [0.5, 0.6) is 0 Å². The van der Waals surface area contributed by atoms with Crippen LogP contribution in [0.15, 0.2) is 67.0 Å². The molecular weight excluding hydrogens is 406 g/mol. The Balaban J connectivity index is 1.22. The number of anilines is 1. The molecule has 8 nitrogen and oxygen atoms in total. The third-order valence-corrected chi connectivity index (χ3v) is 5.66. The van der Waals surface area contributed by atoms with E-state index in [0.717, 1.165) is 34.1 Å². The van der Waals surface area contributed by atoms with Crippen LogP contribution in [0, 0.1) is 0 Å². The molecule has 5 rings (SSSR count). The Bertz CT molecular complexity index is 1250. The lowest BCUT2D eigenvalue weighted by atomic mass is 10.1. The first-order valence-electron chi connectivity index (χ1n) is 10.6. The van der Waals surface area contributed by atoms with Gasteiger partial charge in [-0.3, -0.25) is 15.0 Å². The zero-order chi connectivity index (χ0) is 21.9. The average Bonchev–Trinajstić information content (AvgIpc) is 3.58. The number of H-pyrrole nitrogens is 2. The first-order chi connectivity index (χ1) is 15.7. The number of carbonyl (C=O) groups excluding carboxylic acids is 2. The molecule has 4 aromatic rings. The smallest absolute Gasteiger partial charge is 0.410 e. The summed E-state index contributed by atoms with van der Waals surface area (Å²) in [5.41, 5.74) is 3.63. The topological polar surface area (TPSA) is 103 Å². The average molecular weight is 429 g/mol. The molecule has 0 unspecified atom stereocenters. The van der Waals surface area contributed by atoms with Crippen molar-refractivity contribution in [3.05, 3.63) is 72.6 Å². The van der Waals surface area contributed by atoms with Crippen molar-refractivity contribution in [3.63, 3.8) is 0 Å². The van der Waals surface area contributed by atoms with Crippen LogP contribution in [-0.4, -0.2) is 44.4 Å². The van der Waals surface area contributed by atoms with E-state index < -0.39 is 12.1 Å². The molecule has 8 heteroatoms. The van der Waals surface area contributed by atoms with Gasteiger partial charge < -0.3 is 14.7 Å². The van der Waals surface area contributed by atoms with Gasteiger partial charge in [0.1, 0.15) is 12.6 Å². The number of hydrogen-bond donors (Lipinski definition) is 3. The molecule has 1 atom stereocenters. The third kappa shape index (κ3) is 4.07. The van der Waals surface area contributed by atoms with Crippen LogP contribution in [0.1, 0.15) is 18.4 Å². The molecule has 0 spiro atoms. The maximum atomic E-state index is 12.9. The van der Waals surface area contributed by atoms with Crippen molar-refractivity contribution in [1.82, 2.24) is 19.9 Å². The van der Waals surface area contributed by atoms with Gasteiger partial charge in [0.2, 0.25) is 11.9 Å². The van der Waals surface area contributed by atoms with E-state index in [2.05, 4.69) is 20.3 Å². The van der Waals surface area contributed by atoms with Crippen LogP contribution in [0.25, 0.3) is 22.2 Å². The van der Waals surface area contributed by atoms with Crippen molar-refractivity contribution in [2.45, 2.75) is 25.5 Å². The van der Waals surface area contributed by atoms with E-state index >= 15 is 0 Å². The molecule has 1 aliphatic heterocycles. The van der Waals surface area contributed by atoms with Gasteiger partial charge in [-0.2, -0.15) is 0 Å². The van der Waals surface area contributed by atoms with Gasteiger partial charge in [0.25, 0.3) is 0 Å². The number of likely N-dealkylation sites (tertiary alicyclic amines) is 1. The van der Waals surface area contributed by atoms with Crippen molar-refractivity contribution in [1.29, 1.82) is 0 Å². The number of rotatable bonds is 5. The van der Waals surface area contributed by atoms with E-state index in [0.29, 0.717) is 18.9 Å². The number of amides is 2. The van der Waals surface area contributed by atoms with Gasteiger partial charge in [-0.1, -0.05) is 36.4 Å². The second-order valence-corrected chi connectivity index (χ2v) is 7.79. The largest absolute Gasteiger partial charge is 0.445 e. The molecule has 1 aliphatic rings. The van der Waals surface area contributed by atoms with Crippen LogP contribution in [-0.2, 0) is 16.1 Å². The molecule has 3 N–H and O–H groups in total. The molecule has 0 saturated carbocycles. The minimum Gasteiger partial charge on any atom is -0.445 e. The quantitative estimate of drug-likeness (QED) is 0.440. The molecule has 2 aromatic carbocycles. The van der Waals surface area contributed by atoms with Crippen LogP contribution < -0.4 is 5.32 Å². The SMILES string of the molecule is O=C(Nc1nc(-c2ccc3[nH]ccc3c2)c[nH]1)[C@@H]1CCCN1C(=O)OCc1ccccc1. The number of ether oxygens (including phenoxy) is 1. The van der Waals surface area contributed by atoms with Crippen LogP contribution in [0.4, 0.5) is 10.7 Å². The van der Waals surface area contributed by atoms with E-state index in [9.17, 15) is 9.59 Å². The predicted molar refractivity (Wildman–Crippen MR) is 121 cm³/mol. The predicted octanol–water partition coefficient (Wildman–Crippen LogP) is 4.30. The third-order valence-electron chi connectivity index (χ3n) is 5.66. The molecule has 2 amide bonds. The molecule has 3 heterocycles. The van der Waals surface area contributed by atoms with E-state index in [1.807, 2.05) is 60.8 Å². The lowest BCUT2D eigenvalue weighted by molar-refractivity contribution is -0.120. The number of carbonyl (C=O) groups is 2. The van der Waals surface area contributed by atoms with Crippen molar-refractivity contribution in [3.8, 4) is 11.3 Å². The molecule has 0 radical (unpaired) electrons. The van der Waals surface area contributed by atoms with Gasteiger partial charge in [-0.25, -0.2) is 9.78 Å². The summed E-state index contributed by atoms with van der Waals surface area (Å²) in [7, 11) is 0. The Kier molecular flexibility index (Phi) is 5.33. The maximum Gasteiger partial charge on any atom is 0.410 e. The number of nitrogens with one attached hydrogen (secondary N) is 3. The lowest BCUT2D eigenvalue weighted by Gasteiger charge is -2.22. The van der Waals surface area contributed by atoms with Crippen LogP contribution in [0.2, 0.25) is 0 Å². The molecule has 1 saturated heterocycles. The zero-order valence-electron chi connectivity index (χ0n) is 17.4. The number of aromatic nitrogens is 3. The van der Waals surface area contributed by atoms with Gasteiger partial charge >= 0.3 is 6.09 Å². The first-order valence-corrected chi connectivity index (χ1v) is 10.6. The van der Waals surface area contributed by atoms with E-state index in [4.69, 9.17) is 4.74 Å². The fraction of sp³-hybridized carbons (Fsp3) is 0.208. The fourth-order valence-corrected chi connectivity index (χ4v) is 4.01. The number of aromatic amines is 2. The number of fused-ring (bicyclic) bond motifs is 1. The minimum atomic E-state index is -0.581. The molecule has 0 aliphatic carbocycles. The summed E-state index contributed by atoms with van der Waals surface area (Å²) in [6, 6.07) is 16.9. The van der Waals surface area contributed by atoms with E-state index in [1.165, 1.54) is 4.90 Å². The van der Waals surface area contributed by atoms with Gasteiger partial charge in [0.15, 0.2) is 0 Å². The fourth-order valence-electron chi connectivity index (χ4n) is 4.01. The van der Waals surface area contributed by atoms with Crippen LogP contribution >= 0.6 is 0 Å². The Labute approximate surface area is 184 Å². The lowest BCUT2D eigenvalue weighted by Crippen LogP contribution is -2.43. The Morgan fingerprint density at radius 2 is 2.00 bits per heavy atom. The minimum absolute atomic E-state index is 0.178. The van der Waals surface area contributed by atoms with E-state index in [1.54, 1.807) is 6.20 Å². The number of hydrogen-bond acceptors (Lipinski definition) is 4. The highest BCUT2D eigenvalue weighted by Crippen LogP contribution is 2.24. The molecule has 1 fully saturated rings. The van der Waals surface area contributed by atoms with Crippen molar-refractivity contribution < 1.29 is 14.3 Å². The summed E-state index contributed by atoms with van der Waals surface area (Å²) in [6.07, 6.45) is 4.50. The van der Waals surface area contributed by atoms with Gasteiger partial charge in [0, 0.05) is 35.4 Å².